The van der Waals surface area contributed by atoms with Gasteiger partial charge in [0.15, 0.2) is 6.61 Å². The van der Waals surface area contributed by atoms with Gasteiger partial charge < -0.3 is 14.5 Å². The van der Waals surface area contributed by atoms with Gasteiger partial charge in [0.25, 0.3) is 5.91 Å². The van der Waals surface area contributed by atoms with Crippen molar-refractivity contribution in [1.29, 1.82) is 0 Å². The Morgan fingerprint density at radius 1 is 1.09 bits per heavy atom. The minimum absolute atomic E-state index is 0.0112. The molecule has 2 aromatic carbocycles. The Balaban J connectivity index is 1.52. The number of carbonyl (C=O) groups excluding carboxylic acids is 1. The number of hydrogen-bond donors (Lipinski definition) is 1. The molecule has 0 aliphatic heterocycles. The molecule has 0 radical (unpaired) electrons. The first-order valence-corrected chi connectivity index (χ1v) is 7.56. The summed E-state index contributed by atoms with van der Waals surface area (Å²) in [5, 5.41) is 3.83. The number of ether oxygens (including phenoxy) is 1. The molecule has 3 aromatic rings. The molecule has 118 valence electrons. The van der Waals surface area contributed by atoms with Gasteiger partial charge >= 0.3 is 0 Å². The van der Waals surface area contributed by atoms with E-state index in [1.807, 2.05) is 62.4 Å². The highest BCUT2D eigenvalue weighted by atomic mass is 16.5. The van der Waals surface area contributed by atoms with Crippen LogP contribution in [0.5, 0.6) is 5.75 Å². The van der Waals surface area contributed by atoms with Gasteiger partial charge in [-0.25, -0.2) is 0 Å². The first-order chi connectivity index (χ1) is 11.1. The van der Waals surface area contributed by atoms with Crippen LogP contribution in [0.3, 0.4) is 0 Å². The number of aryl methyl sites for hydroxylation is 2. The number of fused-ring (bicyclic) bond motifs is 1. The first-order valence-electron chi connectivity index (χ1n) is 7.56. The second-order valence-electron chi connectivity index (χ2n) is 5.56. The average Bonchev–Trinajstić information content (AvgIpc) is 2.97. The highest BCUT2D eigenvalue weighted by molar-refractivity contribution is 5.79. The van der Waals surface area contributed by atoms with E-state index in [-0.39, 0.29) is 12.5 Å². The molecule has 0 atom stereocenters. The van der Waals surface area contributed by atoms with Gasteiger partial charge in [0, 0.05) is 5.39 Å². The lowest BCUT2D eigenvalue weighted by atomic mass is 10.1. The van der Waals surface area contributed by atoms with Crippen molar-refractivity contribution >= 4 is 16.9 Å². The number of nitrogens with one attached hydrogen (secondary N) is 1. The molecule has 4 nitrogen and oxygen atoms in total. The lowest BCUT2D eigenvalue weighted by Crippen LogP contribution is -2.28. The van der Waals surface area contributed by atoms with Crippen molar-refractivity contribution in [3.05, 3.63) is 65.4 Å². The topological polar surface area (TPSA) is 51.5 Å². The van der Waals surface area contributed by atoms with Crippen LogP contribution in [0.2, 0.25) is 0 Å². The van der Waals surface area contributed by atoms with E-state index in [0.29, 0.717) is 12.3 Å². The summed E-state index contributed by atoms with van der Waals surface area (Å²) >= 11 is 0. The smallest absolute Gasteiger partial charge is 0.258 e. The van der Waals surface area contributed by atoms with Crippen molar-refractivity contribution in [1.82, 2.24) is 5.32 Å². The average molecular weight is 309 g/mol. The number of para-hydroxylation sites is 1. The van der Waals surface area contributed by atoms with E-state index in [2.05, 4.69) is 5.32 Å². The number of carbonyl (C=O) groups is 1. The Kier molecular flexibility index (Phi) is 4.33. The van der Waals surface area contributed by atoms with E-state index >= 15 is 0 Å². The first kappa shape index (κ1) is 15.2. The quantitative estimate of drug-likeness (QED) is 0.781. The van der Waals surface area contributed by atoms with Crippen LogP contribution < -0.4 is 10.1 Å². The molecule has 0 aliphatic carbocycles. The third-order valence-electron chi connectivity index (χ3n) is 3.78. The summed E-state index contributed by atoms with van der Waals surface area (Å²) < 4.78 is 11.2. The molecule has 1 aromatic heterocycles. The van der Waals surface area contributed by atoms with Gasteiger partial charge in [0.05, 0.1) is 6.54 Å². The summed E-state index contributed by atoms with van der Waals surface area (Å²) in [6, 6.07) is 15.5. The number of hydrogen-bond acceptors (Lipinski definition) is 3. The molecule has 0 spiro atoms. The maximum absolute atomic E-state index is 11.9. The van der Waals surface area contributed by atoms with Gasteiger partial charge in [0.1, 0.15) is 17.1 Å². The van der Waals surface area contributed by atoms with Crippen LogP contribution in [-0.2, 0) is 11.3 Å². The predicted octanol–water partition coefficient (Wildman–Crippen LogP) is 3.74. The van der Waals surface area contributed by atoms with Crippen molar-refractivity contribution in [2.45, 2.75) is 20.4 Å². The fraction of sp³-hybridized carbons (Fsp3) is 0.211. The highest BCUT2D eigenvalue weighted by Crippen LogP contribution is 2.18. The van der Waals surface area contributed by atoms with Gasteiger partial charge in [-0.15, -0.1) is 0 Å². The monoisotopic (exact) mass is 309 g/mol. The van der Waals surface area contributed by atoms with Crippen LogP contribution in [0, 0.1) is 13.8 Å². The number of amides is 1. The Morgan fingerprint density at radius 2 is 1.91 bits per heavy atom. The second-order valence-corrected chi connectivity index (χ2v) is 5.56. The van der Waals surface area contributed by atoms with Gasteiger partial charge in [-0.2, -0.15) is 0 Å². The Hall–Kier alpha value is -2.75. The molecule has 1 amide bonds. The molecule has 0 bridgehead atoms. The third kappa shape index (κ3) is 3.72. The molecule has 0 saturated carbocycles. The summed E-state index contributed by atoms with van der Waals surface area (Å²) in [5.74, 6) is 1.25. The molecule has 1 heterocycles. The van der Waals surface area contributed by atoms with Crippen LogP contribution >= 0.6 is 0 Å². The minimum atomic E-state index is -0.177. The van der Waals surface area contributed by atoms with Gasteiger partial charge in [0.2, 0.25) is 0 Å². The van der Waals surface area contributed by atoms with E-state index in [1.54, 1.807) is 0 Å². The van der Waals surface area contributed by atoms with Gasteiger partial charge in [-0.3, -0.25) is 4.79 Å². The Morgan fingerprint density at radius 3 is 2.70 bits per heavy atom. The van der Waals surface area contributed by atoms with E-state index < -0.39 is 0 Å². The predicted molar refractivity (Wildman–Crippen MR) is 89.5 cm³/mol. The maximum Gasteiger partial charge on any atom is 0.258 e. The molecule has 4 heteroatoms. The molecule has 23 heavy (non-hydrogen) atoms. The van der Waals surface area contributed by atoms with Crippen molar-refractivity contribution in [2.75, 3.05) is 6.61 Å². The summed E-state index contributed by atoms with van der Waals surface area (Å²) in [7, 11) is 0. The molecular weight excluding hydrogens is 290 g/mol. The van der Waals surface area contributed by atoms with Crippen molar-refractivity contribution in [3.8, 4) is 5.75 Å². The van der Waals surface area contributed by atoms with Crippen LogP contribution in [0.15, 0.2) is 52.9 Å². The number of benzene rings is 2. The van der Waals surface area contributed by atoms with Crippen LogP contribution in [0.4, 0.5) is 0 Å². The van der Waals surface area contributed by atoms with Crippen molar-refractivity contribution in [3.63, 3.8) is 0 Å². The summed E-state index contributed by atoms with van der Waals surface area (Å²) in [5.41, 5.74) is 3.17. The molecule has 1 N–H and O–H groups in total. The SMILES string of the molecule is Cc1ccc(OCC(=O)NCc2cc3ccccc3o2)cc1C. The van der Waals surface area contributed by atoms with Crippen LogP contribution in [0.1, 0.15) is 16.9 Å². The molecule has 0 saturated heterocycles. The minimum Gasteiger partial charge on any atom is -0.484 e. The zero-order valence-corrected chi connectivity index (χ0v) is 13.3. The zero-order valence-electron chi connectivity index (χ0n) is 13.3. The van der Waals surface area contributed by atoms with Gasteiger partial charge in [-0.1, -0.05) is 24.3 Å². The fourth-order valence-electron chi connectivity index (χ4n) is 2.31. The largest absolute Gasteiger partial charge is 0.484 e. The summed E-state index contributed by atoms with van der Waals surface area (Å²) in [6.07, 6.45) is 0. The molecular formula is C19H19NO3. The van der Waals surface area contributed by atoms with Gasteiger partial charge in [-0.05, 0) is 49.2 Å². The van der Waals surface area contributed by atoms with Crippen LogP contribution in [0.25, 0.3) is 11.0 Å². The standard InChI is InChI=1S/C19H19NO3/c1-13-7-8-16(9-14(13)2)22-12-19(21)20-11-17-10-15-5-3-4-6-18(15)23-17/h3-10H,11-12H2,1-2H3,(H,20,21). The summed E-state index contributed by atoms with van der Waals surface area (Å²) in [6.45, 7) is 4.40. The van der Waals surface area contributed by atoms with E-state index in [9.17, 15) is 4.79 Å². The highest BCUT2D eigenvalue weighted by Gasteiger charge is 2.07. The van der Waals surface area contributed by atoms with E-state index in [1.165, 1.54) is 5.56 Å². The molecule has 0 fully saturated rings. The lowest BCUT2D eigenvalue weighted by Gasteiger charge is -2.08. The zero-order chi connectivity index (χ0) is 16.2. The normalized spacial score (nSPS) is 10.7. The van der Waals surface area contributed by atoms with Crippen LogP contribution in [-0.4, -0.2) is 12.5 Å². The Labute approximate surface area is 135 Å². The Bertz CT molecular complexity index is 803. The maximum atomic E-state index is 11.9. The summed E-state index contributed by atoms with van der Waals surface area (Å²) in [4.78, 5) is 11.9. The second kappa shape index (κ2) is 6.57. The lowest BCUT2D eigenvalue weighted by molar-refractivity contribution is -0.123. The van der Waals surface area contributed by atoms with E-state index in [4.69, 9.17) is 9.15 Å². The molecule has 0 unspecified atom stereocenters. The fourth-order valence-corrected chi connectivity index (χ4v) is 2.31. The number of furan rings is 1. The van der Waals surface area contributed by atoms with Crippen molar-refractivity contribution in [2.24, 2.45) is 0 Å². The third-order valence-corrected chi connectivity index (χ3v) is 3.78. The van der Waals surface area contributed by atoms with Crippen molar-refractivity contribution < 1.29 is 13.9 Å². The molecule has 0 aliphatic rings. The van der Waals surface area contributed by atoms with E-state index in [0.717, 1.165) is 22.3 Å². The number of rotatable bonds is 5. The molecule has 3 rings (SSSR count).